The number of hydrogen-bond donors (Lipinski definition) is 0. The van der Waals surface area contributed by atoms with Crippen LogP contribution in [0.25, 0.3) is 0 Å². The number of halogens is 1. The molecule has 1 aliphatic heterocycles. The molecule has 1 atom stereocenters. The zero-order valence-corrected chi connectivity index (χ0v) is 20.3. The number of carbonyl (C=O) groups is 3. The molecule has 0 saturated heterocycles. The molecule has 0 unspecified atom stereocenters. The highest BCUT2D eigenvalue weighted by molar-refractivity contribution is 6.31. The maximum absolute atomic E-state index is 12.4. The number of carbonyl (C=O) groups excluding carboxylic acids is 3. The van der Waals surface area contributed by atoms with Crippen LogP contribution >= 0.6 is 11.6 Å². The second kappa shape index (κ2) is 10.5. The van der Waals surface area contributed by atoms with E-state index in [9.17, 15) is 14.4 Å². The van der Waals surface area contributed by atoms with Crippen LogP contribution in [-0.4, -0.2) is 35.4 Å². The Hall–Kier alpha value is -4.31. The van der Waals surface area contributed by atoms with Gasteiger partial charge in [0.2, 0.25) is 23.8 Å². The predicted molar refractivity (Wildman–Crippen MR) is 127 cm³/mol. The van der Waals surface area contributed by atoms with Crippen molar-refractivity contribution in [2.24, 2.45) is 5.10 Å². The van der Waals surface area contributed by atoms with Gasteiger partial charge in [-0.15, -0.1) is 5.10 Å². The van der Waals surface area contributed by atoms with E-state index in [1.54, 1.807) is 31.2 Å². The Bertz CT molecular complexity index is 1340. The van der Waals surface area contributed by atoms with Gasteiger partial charge in [-0.2, -0.15) is 5.01 Å². The first kappa shape index (κ1) is 24.8. The van der Waals surface area contributed by atoms with Crippen LogP contribution in [-0.2, 0) is 14.3 Å². The van der Waals surface area contributed by atoms with Gasteiger partial charge in [0.15, 0.2) is 11.5 Å². The fourth-order valence-electron chi connectivity index (χ4n) is 3.38. The third-order valence-electron chi connectivity index (χ3n) is 4.87. The number of ether oxygens (including phenoxy) is 4. The summed E-state index contributed by atoms with van der Waals surface area (Å²) in [5, 5.41) is 5.78. The first-order valence-corrected chi connectivity index (χ1v) is 11.2. The van der Waals surface area contributed by atoms with E-state index in [-0.39, 0.29) is 35.5 Å². The summed E-state index contributed by atoms with van der Waals surface area (Å²) in [6.45, 7) is 4.65. The average Bonchev–Trinajstić information content (AvgIpc) is 3.52. The summed E-state index contributed by atoms with van der Waals surface area (Å²) in [5.41, 5.74) is 0.779. The van der Waals surface area contributed by atoms with Crippen LogP contribution < -0.4 is 14.2 Å². The van der Waals surface area contributed by atoms with Crippen molar-refractivity contribution in [1.29, 1.82) is 0 Å². The molecule has 1 aliphatic rings. The summed E-state index contributed by atoms with van der Waals surface area (Å²) in [4.78, 5) is 36.3. The number of furan rings is 1. The molecule has 0 fully saturated rings. The van der Waals surface area contributed by atoms with Crippen LogP contribution in [0.15, 0.2) is 64.3 Å². The van der Waals surface area contributed by atoms with Crippen LogP contribution in [0.2, 0.25) is 5.02 Å². The van der Waals surface area contributed by atoms with Gasteiger partial charge in [-0.25, -0.2) is 4.79 Å². The van der Waals surface area contributed by atoms with Gasteiger partial charge in [0.25, 0.3) is 0 Å². The quantitative estimate of drug-likeness (QED) is 0.330. The minimum Gasteiger partial charge on any atom is -0.490 e. The molecule has 0 N–H and O–H groups in total. The molecule has 11 heteroatoms. The summed E-state index contributed by atoms with van der Waals surface area (Å²) in [6, 6.07) is 12.3. The molecule has 4 rings (SSSR count). The van der Waals surface area contributed by atoms with Gasteiger partial charge in [0, 0.05) is 24.4 Å². The zero-order valence-electron chi connectivity index (χ0n) is 19.5. The summed E-state index contributed by atoms with van der Waals surface area (Å²) < 4.78 is 27.4. The average molecular weight is 513 g/mol. The van der Waals surface area contributed by atoms with Crippen molar-refractivity contribution in [3.63, 3.8) is 0 Å². The molecule has 0 radical (unpaired) electrons. The van der Waals surface area contributed by atoms with Gasteiger partial charge in [-0.05, 0) is 55.5 Å². The molecule has 1 aromatic heterocycles. The van der Waals surface area contributed by atoms with E-state index >= 15 is 0 Å². The second-order valence-corrected chi connectivity index (χ2v) is 7.92. The lowest BCUT2D eigenvalue weighted by atomic mass is 10.1. The molecule has 2 heterocycles. The molecular formula is C25H21ClN2O8. The molecule has 3 aromatic rings. The maximum atomic E-state index is 12.4. The van der Waals surface area contributed by atoms with Crippen LogP contribution in [0.1, 0.15) is 48.7 Å². The first-order chi connectivity index (χ1) is 17.3. The van der Waals surface area contributed by atoms with Crippen molar-refractivity contribution in [3.8, 4) is 17.2 Å². The highest BCUT2D eigenvalue weighted by atomic mass is 35.5. The third kappa shape index (κ3) is 5.33. The van der Waals surface area contributed by atoms with Crippen molar-refractivity contribution in [2.45, 2.75) is 27.0 Å². The largest absolute Gasteiger partial charge is 0.490 e. The minimum absolute atomic E-state index is 0.0280. The normalized spacial score (nSPS) is 14.6. The Morgan fingerprint density at radius 3 is 2.47 bits per heavy atom. The number of esters is 2. The number of benzene rings is 2. The topological polar surface area (TPSA) is 117 Å². The van der Waals surface area contributed by atoms with Gasteiger partial charge >= 0.3 is 11.9 Å². The number of amides is 1. The smallest absolute Gasteiger partial charge is 0.379 e. The lowest BCUT2D eigenvalue weighted by Crippen LogP contribution is -2.25. The van der Waals surface area contributed by atoms with Gasteiger partial charge < -0.3 is 23.4 Å². The van der Waals surface area contributed by atoms with Gasteiger partial charge in [-0.1, -0.05) is 11.6 Å². The Kier molecular flexibility index (Phi) is 7.25. The van der Waals surface area contributed by atoms with Gasteiger partial charge in [0.05, 0.1) is 18.4 Å². The second-order valence-electron chi connectivity index (χ2n) is 7.48. The van der Waals surface area contributed by atoms with E-state index in [0.717, 1.165) is 5.01 Å². The lowest BCUT2D eigenvalue weighted by Gasteiger charge is -2.21. The summed E-state index contributed by atoms with van der Waals surface area (Å²) in [7, 11) is 0. The SMILES string of the molecule is CCOc1cc([C@H]2OC(c3cc(Cl)ccc3OC(C)=O)=NN2C(C)=O)ccc1OC(=O)c1ccco1. The highest BCUT2D eigenvalue weighted by Crippen LogP contribution is 2.38. The van der Waals surface area contributed by atoms with Crippen LogP contribution in [0, 0.1) is 0 Å². The standard InChI is InChI=1S/C25H21ClN2O8/c1-4-32-22-12-16(7-9-20(22)35-25(31)21-6-5-11-33-21)24-28(14(2)29)27-23(36-24)18-13-17(26)8-10-19(18)34-15(3)30/h5-13,24H,4H2,1-3H3/t24-/m1/s1. The number of nitrogens with zero attached hydrogens (tertiary/aromatic N) is 2. The van der Waals surface area contributed by atoms with Crippen molar-refractivity contribution >= 4 is 35.3 Å². The van der Waals surface area contributed by atoms with Crippen LogP contribution in [0.5, 0.6) is 17.2 Å². The van der Waals surface area contributed by atoms with E-state index in [4.69, 9.17) is 35.0 Å². The third-order valence-corrected chi connectivity index (χ3v) is 5.11. The van der Waals surface area contributed by atoms with Gasteiger partial charge in [-0.3, -0.25) is 9.59 Å². The fraction of sp³-hybridized carbons (Fsp3) is 0.200. The Balaban J connectivity index is 1.66. The van der Waals surface area contributed by atoms with Crippen molar-refractivity contribution in [3.05, 3.63) is 76.7 Å². The van der Waals surface area contributed by atoms with E-state index in [1.165, 1.54) is 44.4 Å². The minimum atomic E-state index is -0.976. The monoisotopic (exact) mass is 512 g/mol. The van der Waals surface area contributed by atoms with E-state index < -0.39 is 24.1 Å². The summed E-state index contributed by atoms with van der Waals surface area (Å²) in [5.74, 6) is -1.01. The zero-order chi connectivity index (χ0) is 25.8. The number of hydrazone groups is 1. The summed E-state index contributed by atoms with van der Waals surface area (Å²) in [6.07, 6.45) is 0.386. The molecule has 0 saturated carbocycles. The van der Waals surface area contributed by atoms with E-state index in [2.05, 4.69) is 5.10 Å². The van der Waals surface area contributed by atoms with Crippen LogP contribution in [0.3, 0.4) is 0 Å². The number of rotatable bonds is 7. The highest BCUT2D eigenvalue weighted by Gasteiger charge is 2.35. The van der Waals surface area contributed by atoms with E-state index in [1.807, 2.05) is 0 Å². The molecule has 2 aromatic carbocycles. The van der Waals surface area contributed by atoms with Crippen molar-refractivity contribution < 1.29 is 37.7 Å². The fourth-order valence-corrected chi connectivity index (χ4v) is 3.55. The van der Waals surface area contributed by atoms with Gasteiger partial charge in [0.1, 0.15) is 5.75 Å². The van der Waals surface area contributed by atoms with Crippen molar-refractivity contribution in [1.82, 2.24) is 5.01 Å². The molecule has 10 nitrogen and oxygen atoms in total. The van der Waals surface area contributed by atoms with Crippen LogP contribution in [0.4, 0.5) is 0 Å². The maximum Gasteiger partial charge on any atom is 0.379 e. The molecule has 1 amide bonds. The lowest BCUT2D eigenvalue weighted by molar-refractivity contribution is -0.135. The molecule has 36 heavy (non-hydrogen) atoms. The Morgan fingerprint density at radius 2 is 1.81 bits per heavy atom. The molecule has 0 spiro atoms. The summed E-state index contributed by atoms with van der Waals surface area (Å²) >= 11 is 6.14. The van der Waals surface area contributed by atoms with Crippen molar-refractivity contribution in [2.75, 3.05) is 6.61 Å². The Labute approximate surface area is 210 Å². The first-order valence-electron chi connectivity index (χ1n) is 10.8. The van der Waals surface area contributed by atoms with E-state index in [0.29, 0.717) is 16.1 Å². The predicted octanol–water partition coefficient (Wildman–Crippen LogP) is 4.72. The number of hydrogen-bond acceptors (Lipinski definition) is 9. The molecular weight excluding hydrogens is 492 g/mol. The molecule has 0 bridgehead atoms. The Morgan fingerprint density at radius 1 is 1.03 bits per heavy atom. The molecule has 186 valence electrons. The molecule has 0 aliphatic carbocycles.